The number of hydrogen-bond acceptors (Lipinski definition) is 3. The Morgan fingerprint density at radius 2 is 2.29 bits per heavy atom. The molecule has 0 N–H and O–H groups in total. The number of esters is 1. The summed E-state index contributed by atoms with van der Waals surface area (Å²) in [5.74, 6) is -0.371. The molecule has 92 valence electrons. The first-order valence-corrected chi connectivity index (χ1v) is 6.04. The van der Waals surface area contributed by atoms with Gasteiger partial charge in [-0.2, -0.15) is 0 Å². The molecule has 1 heterocycles. The van der Waals surface area contributed by atoms with Crippen LogP contribution in [0.1, 0.15) is 31.4 Å². The number of ether oxygens (including phenoxy) is 1. The maximum Gasteiger partial charge on any atom is 0.330 e. The van der Waals surface area contributed by atoms with Gasteiger partial charge in [-0.05, 0) is 31.1 Å². The van der Waals surface area contributed by atoms with Crippen LogP contribution in [-0.2, 0) is 16.0 Å². The summed E-state index contributed by atoms with van der Waals surface area (Å²) in [6, 6.07) is 1.94. The number of pyridine rings is 1. The van der Waals surface area contributed by atoms with Crippen molar-refractivity contribution in [2.75, 3.05) is 6.61 Å². The van der Waals surface area contributed by atoms with Crippen LogP contribution in [0.15, 0.2) is 18.3 Å². The molecule has 1 aromatic heterocycles. The zero-order chi connectivity index (χ0) is 12.7. The SMILES string of the molecule is CCCc1cnc(Cl)c(/C=C/C(=O)OCC)c1. The van der Waals surface area contributed by atoms with Crippen LogP contribution in [0.3, 0.4) is 0 Å². The van der Waals surface area contributed by atoms with E-state index in [2.05, 4.69) is 11.9 Å². The number of aromatic nitrogens is 1. The first-order valence-electron chi connectivity index (χ1n) is 5.66. The first-order chi connectivity index (χ1) is 8.17. The van der Waals surface area contributed by atoms with Crippen LogP contribution >= 0.6 is 11.6 Å². The first kappa shape index (κ1) is 13.7. The van der Waals surface area contributed by atoms with Gasteiger partial charge in [-0.15, -0.1) is 0 Å². The van der Waals surface area contributed by atoms with Crippen LogP contribution in [0.25, 0.3) is 6.08 Å². The van der Waals surface area contributed by atoms with Crippen molar-refractivity contribution >= 4 is 23.6 Å². The molecule has 0 aromatic carbocycles. The standard InChI is InChI=1S/C13H16ClNO2/c1-3-5-10-8-11(13(14)15-9-10)6-7-12(16)17-4-2/h6-9H,3-5H2,1-2H3/b7-6+. The number of aryl methyl sites for hydroxylation is 1. The van der Waals surface area contributed by atoms with E-state index in [0.29, 0.717) is 11.8 Å². The number of rotatable bonds is 5. The van der Waals surface area contributed by atoms with Gasteiger partial charge in [0, 0.05) is 17.8 Å². The summed E-state index contributed by atoms with van der Waals surface area (Å²) in [6.45, 7) is 4.23. The van der Waals surface area contributed by atoms with Crippen LogP contribution in [-0.4, -0.2) is 17.6 Å². The molecular formula is C13H16ClNO2. The van der Waals surface area contributed by atoms with Crippen molar-refractivity contribution < 1.29 is 9.53 Å². The van der Waals surface area contributed by atoms with Crippen molar-refractivity contribution in [3.63, 3.8) is 0 Å². The molecule has 4 heteroatoms. The molecule has 0 aliphatic carbocycles. The van der Waals surface area contributed by atoms with E-state index in [4.69, 9.17) is 16.3 Å². The second-order valence-electron chi connectivity index (χ2n) is 3.56. The van der Waals surface area contributed by atoms with Crippen molar-refractivity contribution in [3.05, 3.63) is 34.6 Å². The molecule has 0 atom stereocenters. The fourth-order valence-electron chi connectivity index (χ4n) is 1.40. The highest BCUT2D eigenvalue weighted by atomic mass is 35.5. The van der Waals surface area contributed by atoms with E-state index in [9.17, 15) is 4.79 Å². The maximum atomic E-state index is 11.2. The molecule has 0 radical (unpaired) electrons. The summed E-state index contributed by atoms with van der Waals surface area (Å²) in [7, 11) is 0. The summed E-state index contributed by atoms with van der Waals surface area (Å²) >= 11 is 5.94. The molecule has 1 rings (SSSR count). The van der Waals surface area contributed by atoms with Crippen LogP contribution in [0.4, 0.5) is 0 Å². The Hall–Kier alpha value is -1.35. The molecule has 0 amide bonds. The van der Waals surface area contributed by atoms with Crippen molar-refractivity contribution in [2.24, 2.45) is 0 Å². The topological polar surface area (TPSA) is 39.2 Å². The van der Waals surface area contributed by atoms with E-state index in [1.54, 1.807) is 19.2 Å². The Bertz CT molecular complexity index is 416. The van der Waals surface area contributed by atoms with Gasteiger partial charge in [-0.3, -0.25) is 0 Å². The molecule has 3 nitrogen and oxygen atoms in total. The summed E-state index contributed by atoms with van der Waals surface area (Å²) in [5.41, 5.74) is 1.85. The zero-order valence-corrected chi connectivity index (χ0v) is 10.8. The van der Waals surface area contributed by atoms with E-state index in [1.807, 2.05) is 6.07 Å². The Morgan fingerprint density at radius 3 is 2.94 bits per heavy atom. The van der Waals surface area contributed by atoms with Crippen LogP contribution in [0.5, 0.6) is 0 Å². The molecule has 0 saturated carbocycles. The van der Waals surface area contributed by atoms with Gasteiger partial charge in [0.2, 0.25) is 0 Å². The van der Waals surface area contributed by atoms with Crippen molar-refractivity contribution in [3.8, 4) is 0 Å². The van der Waals surface area contributed by atoms with E-state index in [-0.39, 0.29) is 5.97 Å². The van der Waals surface area contributed by atoms with E-state index >= 15 is 0 Å². The van der Waals surface area contributed by atoms with Gasteiger partial charge in [-0.1, -0.05) is 24.9 Å². The predicted molar refractivity (Wildman–Crippen MR) is 68.9 cm³/mol. The van der Waals surface area contributed by atoms with Gasteiger partial charge in [-0.25, -0.2) is 9.78 Å². The van der Waals surface area contributed by atoms with Gasteiger partial charge >= 0.3 is 5.97 Å². The van der Waals surface area contributed by atoms with Gasteiger partial charge in [0.25, 0.3) is 0 Å². The smallest absolute Gasteiger partial charge is 0.330 e. The average Bonchev–Trinajstić information content (AvgIpc) is 2.30. The Balaban J connectivity index is 2.81. The largest absolute Gasteiger partial charge is 0.463 e. The third-order valence-corrected chi connectivity index (χ3v) is 2.46. The highest BCUT2D eigenvalue weighted by molar-refractivity contribution is 6.30. The normalized spacial score (nSPS) is 10.8. The zero-order valence-electron chi connectivity index (χ0n) is 10.1. The number of carbonyl (C=O) groups excluding carboxylic acids is 1. The summed E-state index contributed by atoms with van der Waals surface area (Å²) in [5, 5.41) is 0.394. The van der Waals surface area contributed by atoms with E-state index < -0.39 is 0 Å². The number of hydrogen-bond donors (Lipinski definition) is 0. The number of carbonyl (C=O) groups is 1. The lowest BCUT2D eigenvalue weighted by Gasteiger charge is -2.02. The lowest BCUT2D eigenvalue weighted by Crippen LogP contribution is -1.98. The third-order valence-electron chi connectivity index (χ3n) is 2.15. The van der Waals surface area contributed by atoms with Crippen molar-refractivity contribution in [1.82, 2.24) is 4.98 Å². The second-order valence-corrected chi connectivity index (χ2v) is 3.92. The minimum atomic E-state index is -0.371. The molecule has 0 saturated heterocycles. The molecule has 17 heavy (non-hydrogen) atoms. The molecule has 0 spiro atoms. The van der Waals surface area contributed by atoms with Crippen LogP contribution in [0, 0.1) is 0 Å². The molecular weight excluding hydrogens is 238 g/mol. The molecule has 0 aliphatic rings. The molecule has 0 unspecified atom stereocenters. The Morgan fingerprint density at radius 1 is 1.53 bits per heavy atom. The predicted octanol–water partition coefficient (Wildman–Crippen LogP) is 3.26. The minimum Gasteiger partial charge on any atom is -0.463 e. The Kier molecular flexibility index (Phi) is 5.70. The average molecular weight is 254 g/mol. The molecule has 0 aliphatic heterocycles. The summed E-state index contributed by atoms with van der Waals surface area (Å²) < 4.78 is 4.79. The summed E-state index contributed by atoms with van der Waals surface area (Å²) in [4.78, 5) is 15.2. The maximum absolute atomic E-state index is 11.2. The molecule has 1 aromatic rings. The highest BCUT2D eigenvalue weighted by Crippen LogP contribution is 2.17. The lowest BCUT2D eigenvalue weighted by atomic mass is 10.1. The fourth-order valence-corrected chi connectivity index (χ4v) is 1.57. The summed E-state index contributed by atoms with van der Waals surface area (Å²) in [6.07, 6.45) is 6.75. The fraction of sp³-hybridized carbons (Fsp3) is 0.385. The molecule has 0 bridgehead atoms. The van der Waals surface area contributed by atoms with E-state index in [1.165, 1.54) is 6.08 Å². The van der Waals surface area contributed by atoms with Crippen LogP contribution < -0.4 is 0 Å². The molecule has 0 fully saturated rings. The number of halogens is 1. The third kappa shape index (κ3) is 4.57. The number of nitrogens with zero attached hydrogens (tertiary/aromatic N) is 1. The monoisotopic (exact) mass is 253 g/mol. The Labute approximate surface area is 106 Å². The minimum absolute atomic E-state index is 0.366. The van der Waals surface area contributed by atoms with Gasteiger partial charge in [0.05, 0.1) is 6.61 Å². The van der Waals surface area contributed by atoms with Crippen LogP contribution in [0.2, 0.25) is 5.15 Å². The second kappa shape index (κ2) is 7.07. The van der Waals surface area contributed by atoms with Gasteiger partial charge < -0.3 is 4.74 Å². The highest BCUT2D eigenvalue weighted by Gasteiger charge is 2.01. The lowest BCUT2D eigenvalue weighted by molar-refractivity contribution is -0.137. The van der Waals surface area contributed by atoms with Crippen molar-refractivity contribution in [2.45, 2.75) is 26.7 Å². The quantitative estimate of drug-likeness (QED) is 0.459. The van der Waals surface area contributed by atoms with Gasteiger partial charge in [0.1, 0.15) is 5.15 Å². The van der Waals surface area contributed by atoms with E-state index in [0.717, 1.165) is 24.0 Å². The van der Waals surface area contributed by atoms with Gasteiger partial charge in [0.15, 0.2) is 0 Å². The van der Waals surface area contributed by atoms with Crippen molar-refractivity contribution in [1.29, 1.82) is 0 Å².